The van der Waals surface area contributed by atoms with Crippen molar-refractivity contribution in [3.05, 3.63) is 47.0 Å². The maximum absolute atomic E-state index is 12.5. The zero-order chi connectivity index (χ0) is 15.7. The number of aromatic amines is 2. The van der Waals surface area contributed by atoms with E-state index in [1.54, 1.807) is 17.2 Å². The number of aromatic nitrogens is 2. The predicted molar refractivity (Wildman–Crippen MR) is 82.9 cm³/mol. The summed E-state index contributed by atoms with van der Waals surface area (Å²) >= 11 is 0. The second-order valence-corrected chi connectivity index (χ2v) is 5.66. The molecule has 2 aromatic rings. The molecule has 116 valence electrons. The van der Waals surface area contributed by atoms with E-state index in [2.05, 4.69) is 9.97 Å². The standard InChI is InChI=1S/C16H20N4O2/c1-11-10-13(12(2)18-11)15(21)19-6-8-20(9-7-19)16(22)14-4-3-5-17-14/h3-5,10,17-18H,6-9H2,1-2H3. The molecule has 6 heteroatoms. The van der Waals surface area contributed by atoms with Gasteiger partial charge < -0.3 is 19.8 Å². The van der Waals surface area contributed by atoms with Crippen LogP contribution in [0, 0.1) is 13.8 Å². The van der Waals surface area contributed by atoms with Crippen LogP contribution < -0.4 is 0 Å². The third kappa shape index (κ3) is 2.64. The van der Waals surface area contributed by atoms with Crippen molar-refractivity contribution < 1.29 is 9.59 Å². The van der Waals surface area contributed by atoms with E-state index in [-0.39, 0.29) is 11.8 Å². The van der Waals surface area contributed by atoms with Gasteiger partial charge in [-0.2, -0.15) is 0 Å². The van der Waals surface area contributed by atoms with Gasteiger partial charge in [-0.15, -0.1) is 0 Å². The quantitative estimate of drug-likeness (QED) is 0.883. The van der Waals surface area contributed by atoms with E-state index in [9.17, 15) is 9.59 Å². The van der Waals surface area contributed by atoms with Crippen LogP contribution in [0.3, 0.4) is 0 Å². The molecule has 0 bridgehead atoms. The number of amides is 2. The van der Waals surface area contributed by atoms with Gasteiger partial charge >= 0.3 is 0 Å². The minimum Gasteiger partial charge on any atom is -0.362 e. The van der Waals surface area contributed by atoms with Gasteiger partial charge in [-0.05, 0) is 32.0 Å². The molecule has 1 fully saturated rings. The Kier molecular flexibility index (Phi) is 3.75. The lowest BCUT2D eigenvalue weighted by Gasteiger charge is -2.34. The number of piperazine rings is 1. The SMILES string of the molecule is Cc1cc(C(=O)N2CCN(C(=O)c3ccc[nH]3)CC2)c(C)[nH]1. The van der Waals surface area contributed by atoms with Crippen molar-refractivity contribution in [2.75, 3.05) is 26.2 Å². The largest absolute Gasteiger partial charge is 0.362 e. The fraction of sp³-hybridized carbons (Fsp3) is 0.375. The Morgan fingerprint density at radius 1 is 1.05 bits per heavy atom. The highest BCUT2D eigenvalue weighted by molar-refractivity contribution is 5.96. The Hall–Kier alpha value is -2.50. The van der Waals surface area contributed by atoms with Crippen LogP contribution in [0.1, 0.15) is 32.2 Å². The van der Waals surface area contributed by atoms with Crippen molar-refractivity contribution in [1.29, 1.82) is 0 Å². The minimum atomic E-state index is -0.00855. The van der Waals surface area contributed by atoms with E-state index in [1.165, 1.54) is 0 Å². The normalized spacial score (nSPS) is 15.2. The summed E-state index contributed by atoms with van der Waals surface area (Å²) in [6.45, 7) is 6.10. The highest BCUT2D eigenvalue weighted by Gasteiger charge is 2.26. The summed E-state index contributed by atoms with van der Waals surface area (Å²) in [6, 6.07) is 5.46. The third-order valence-electron chi connectivity index (χ3n) is 4.06. The molecule has 0 unspecified atom stereocenters. The highest BCUT2D eigenvalue weighted by atomic mass is 16.2. The Morgan fingerprint density at radius 3 is 2.18 bits per heavy atom. The first kappa shape index (κ1) is 14.4. The van der Waals surface area contributed by atoms with E-state index in [0.717, 1.165) is 17.0 Å². The summed E-state index contributed by atoms with van der Waals surface area (Å²) in [6.07, 6.45) is 1.74. The van der Waals surface area contributed by atoms with Crippen molar-refractivity contribution in [2.24, 2.45) is 0 Å². The van der Waals surface area contributed by atoms with Gasteiger partial charge in [-0.3, -0.25) is 9.59 Å². The fourth-order valence-corrected chi connectivity index (χ4v) is 2.86. The van der Waals surface area contributed by atoms with Gasteiger partial charge in [0.15, 0.2) is 0 Å². The topological polar surface area (TPSA) is 72.2 Å². The van der Waals surface area contributed by atoms with Crippen LogP contribution in [0.4, 0.5) is 0 Å². The molecule has 2 amide bonds. The molecule has 3 heterocycles. The summed E-state index contributed by atoms with van der Waals surface area (Å²) in [7, 11) is 0. The van der Waals surface area contributed by atoms with Gasteiger partial charge in [0.2, 0.25) is 0 Å². The summed E-state index contributed by atoms with van der Waals surface area (Å²) in [5.74, 6) is 0.0274. The molecule has 1 aliphatic heterocycles. The molecule has 0 saturated carbocycles. The van der Waals surface area contributed by atoms with Gasteiger partial charge in [0.1, 0.15) is 5.69 Å². The van der Waals surface area contributed by atoms with Gasteiger partial charge in [0.25, 0.3) is 11.8 Å². The number of rotatable bonds is 2. The summed E-state index contributed by atoms with van der Waals surface area (Å²) in [4.78, 5) is 34.5. The fourth-order valence-electron chi connectivity index (χ4n) is 2.86. The monoisotopic (exact) mass is 300 g/mol. The van der Waals surface area contributed by atoms with E-state index in [4.69, 9.17) is 0 Å². The zero-order valence-electron chi connectivity index (χ0n) is 12.8. The average Bonchev–Trinajstić information content (AvgIpc) is 3.15. The lowest BCUT2D eigenvalue weighted by atomic mass is 10.2. The van der Waals surface area contributed by atoms with E-state index < -0.39 is 0 Å². The molecule has 1 aliphatic rings. The Morgan fingerprint density at radius 2 is 1.68 bits per heavy atom. The Balaban J connectivity index is 1.63. The van der Waals surface area contributed by atoms with Crippen molar-refractivity contribution in [1.82, 2.24) is 19.8 Å². The van der Waals surface area contributed by atoms with Gasteiger partial charge in [-0.1, -0.05) is 0 Å². The minimum absolute atomic E-state index is 0.00855. The summed E-state index contributed by atoms with van der Waals surface area (Å²) < 4.78 is 0. The van der Waals surface area contributed by atoms with Gasteiger partial charge in [-0.25, -0.2) is 0 Å². The molecular weight excluding hydrogens is 280 g/mol. The van der Waals surface area contributed by atoms with Crippen LogP contribution in [0.15, 0.2) is 24.4 Å². The lowest BCUT2D eigenvalue weighted by molar-refractivity contribution is 0.0532. The van der Waals surface area contributed by atoms with Crippen LogP contribution in [0.25, 0.3) is 0 Å². The van der Waals surface area contributed by atoms with E-state index >= 15 is 0 Å². The van der Waals surface area contributed by atoms with Gasteiger partial charge in [0.05, 0.1) is 5.56 Å². The third-order valence-corrected chi connectivity index (χ3v) is 4.06. The molecule has 0 atom stereocenters. The lowest BCUT2D eigenvalue weighted by Crippen LogP contribution is -2.50. The molecule has 6 nitrogen and oxygen atoms in total. The second-order valence-electron chi connectivity index (χ2n) is 5.66. The number of carbonyl (C=O) groups excluding carboxylic acids is 2. The summed E-state index contributed by atoms with van der Waals surface area (Å²) in [5.41, 5.74) is 3.20. The number of hydrogen-bond donors (Lipinski definition) is 2. The summed E-state index contributed by atoms with van der Waals surface area (Å²) in [5, 5.41) is 0. The zero-order valence-corrected chi connectivity index (χ0v) is 12.8. The number of carbonyl (C=O) groups is 2. The van der Waals surface area contributed by atoms with Crippen LogP contribution in [-0.2, 0) is 0 Å². The number of nitrogens with zero attached hydrogens (tertiary/aromatic N) is 2. The van der Waals surface area contributed by atoms with Crippen molar-refractivity contribution in [3.63, 3.8) is 0 Å². The van der Waals surface area contributed by atoms with E-state index in [1.807, 2.05) is 30.9 Å². The average molecular weight is 300 g/mol. The Labute approximate surface area is 129 Å². The molecule has 0 spiro atoms. The molecule has 1 saturated heterocycles. The Bertz CT molecular complexity index is 679. The van der Waals surface area contributed by atoms with Crippen molar-refractivity contribution in [3.8, 4) is 0 Å². The number of aryl methyl sites for hydroxylation is 2. The second kappa shape index (κ2) is 5.71. The molecule has 3 rings (SSSR count). The molecule has 0 aliphatic carbocycles. The predicted octanol–water partition coefficient (Wildman–Crippen LogP) is 1.56. The molecule has 0 aromatic carbocycles. The van der Waals surface area contributed by atoms with Gasteiger partial charge in [0, 0.05) is 43.8 Å². The molecule has 0 radical (unpaired) electrons. The van der Waals surface area contributed by atoms with E-state index in [0.29, 0.717) is 31.9 Å². The number of H-pyrrole nitrogens is 2. The first-order chi connectivity index (χ1) is 10.6. The first-order valence-electron chi connectivity index (χ1n) is 7.44. The maximum Gasteiger partial charge on any atom is 0.270 e. The highest BCUT2D eigenvalue weighted by Crippen LogP contribution is 2.15. The molecular formula is C16H20N4O2. The maximum atomic E-state index is 12.5. The number of hydrogen-bond acceptors (Lipinski definition) is 2. The first-order valence-corrected chi connectivity index (χ1v) is 7.44. The van der Waals surface area contributed by atoms with Crippen LogP contribution in [-0.4, -0.2) is 57.8 Å². The molecule has 2 aromatic heterocycles. The number of nitrogens with one attached hydrogen (secondary N) is 2. The van der Waals surface area contributed by atoms with Crippen LogP contribution >= 0.6 is 0 Å². The van der Waals surface area contributed by atoms with Crippen LogP contribution in [0.2, 0.25) is 0 Å². The smallest absolute Gasteiger partial charge is 0.270 e. The van der Waals surface area contributed by atoms with Crippen molar-refractivity contribution >= 4 is 11.8 Å². The molecule has 2 N–H and O–H groups in total. The van der Waals surface area contributed by atoms with Crippen molar-refractivity contribution in [2.45, 2.75) is 13.8 Å². The molecule has 22 heavy (non-hydrogen) atoms. The van der Waals surface area contributed by atoms with Crippen LogP contribution in [0.5, 0.6) is 0 Å².